The first kappa shape index (κ1) is 13.6. The van der Waals surface area contributed by atoms with Crippen LogP contribution in [0.15, 0.2) is 0 Å². The zero-order chi connectivity index (χ0) is 11.8. The van der Waals surface area contributed by atoms with Crippen LogP contribution in [0.25, 0.3) is 0 Å². The third kappa shape index (κ3) is 4.17. The van der Waals surface area contributed by atoms with Gasteiger partial charge in [-0.1, -0.05) is 0 Å². The van der Waals surface area contributed by atoms with Crippen molar-refractivity contribution in [2.45, 2.75) is 25.6 Å². The average molecular weight is 232 g/mol. The molecule has 1 rings (SSSR count). The Morgan fingerprint density at radius 2 is 1.94 bits per heavy atom. The van der Waals surface area contributed by atoms with Gasteiger partial charge in [-0.3, -0.25) is 4.79 Å². The van der Waals surface area contributed by atoms with Gasteiger partial charge in [0.15, 0.2) is 5.78 Å². The van der Waals surface area contributed by atoms with Gasteiger partial charge in [0.1, 0.15) is 6.10 Å². The SMILES string of the molecule is CCOCCOC1CC(=O)C1OCCOC. The van der Waals surface area contributed by atoms with Crippen molar-refractivity contribution in [3.8, 4) is 0 Å². The molecule has 0 saturated heterocycles. The van der Waals surface area contributed by atoms with Crippen molar-refractivity contribution in [1.29, 1.82) is 0 Å². The molecule has 0 aromatic heterocycles. The van der Waals surface area contributed by atoms with Crippen molar-refractivity contribution in [3.05, 3.63) is 0 Å². The number of Topliss-reactive ketones (excluding diaryl/α,β-unsaturated/α-hetero) is 1. The van der Waals surface area contributed by atoms with Crippen LogP contribution in [0.3, 0.4) is 0 Å². The summed E-state index contributed by atoms with van der Waals surface area (Å²) in [5, 5.41) is 0. The number of methoxy groups -OCH3 is 1. The first-order valence-electron chi connectivity index (χ1n) is 5.62. The number of carbonyl (C=O) groups is 1. The molecule has 0 aromatic rings. The van der Waals surface area contributed by atoms with Gasteiger partial charge in [0.2, 0.25) is 0 Å². The smallest absolute Gasteiger partial charge is 0.166 e. The summed E-state index contributed by atoms with van der Waals surface area (Å²) in [7, 11) is 1.60. The Morgan fingerprint density at radius 3 is 2.56 bits per heavy atom. The molecule has 0 bridgehead atoms. The van der Waals surface area contributed by atoms with E-state index >= 15 is 0 Å². The summed E-state index contributed by atoms with van der Waals surface area (Å²) in [5.41, 5.74) is 0. The van der Waals surface area contributed by atoms with Crippen LogP contribution in [0.4, 0.5) is 0 Å². The number of rotatable bonds is 9. The van der Waals surface area contributed by atoms with E-state index in [1.54, 1.807) is 7.11 Å². The fourth-order valence-electron chi connectivity index (χ4n) is 1.48. The van der Waals surface area contributed by atoms with E-state index in [-0.39, 0.29) is 11.9 Å². The average Bonchev–Trinajstić information content (AvgIpc) is 2.28. The van der Waals surface area contributed by atoms with Crippen molar-refractivity contribution in [1.82, 2.24) is 0 Å². The van der Waals surface area contributed by atoms with Crippen LogP contribution in [-0.2, 0) is 23.7 Å². The molecule has 1 saturated carbocycles. The predicted molar refractivity (Wildman–Crippen MR) is 57.5 cm³/mol. The van der Waals surface area contributed by atoms with Gasteiger partial charge in [-0.05, 0) is 6.92 Å². The Balaban J connectivity index is 2.09. The fraction of sp³-hybridized carbons (Fsp3) is 0.909. The maximum absolute atomic E-state index is 11.2. The number of ether oxygens (including phenoxy) is 4. The minimum Gasteiger partial charge on any atom is -0.382 e. The largest absolute Gasteiger partial charge is 0.382 e. The van der Waals surface area contributed by atoms with E-state index in [1.165, 1.54) is 0 Å². The molecule has 1 aliphatic rings. The summed E-state index contributed by atoms with van der Waals surface area (Å²) in [6.07, 6.45) is -0.0642. The van der Waals surface area contributed by atoms with Crippen molar-refractivity contribution >= 4 is 5.78 Å². The first-order chi connectivity index (χ1) is 7.79. The van der Waals surface area contributed by atoms with E-state index in [0.717, 1.165) is 0 Å². The Labute approximate surface area is 96.0 Å². The molecular weight excluding hydrogens is 212 g/mol. The maximum atomic E-state index is 11.2. The summed E-state index contributed by atoms with van der Waals surface area (Å²) >= 11 is 0. The highest BCUT2D eigenvalue weighted by atomic mass is 16.6. The quantitative estimate of drug-likeness (QED) is 0.539. The van der Waals surface area contributed by atoms with E-state index in [4.69, 9.17) is 18.9 Å². The molecule has 5 nitrogen and oxygen atoms in total. The van der Waals surface area contributed by atoms with Crippen LogP contribution in [0, 0.1) is 0 Å². The maximum Gasteiger partial charge on any atom is 0.166 e. The van der Waals surface area contributed by atoms with Crippen molar-refractivity contribution in [2.75, 3.05) is 40.1 Å². The van der Waals surface area contributed by atoms with Crippen LogP contribution < -0.4 is 0 Å². The van der Waals surface area contributed by atoms with Crippen LogP contribution >= 0.6 is 0 Å². The molecule has 94 valence electrons. The lowest BCUT2D eigenvalue weighted by Gasteiger charge is -2.34. The normalized spacial score (nSPS) is 24.5. The van der Waals surface area contributed by atoms with E-state index in [9.17, 15) is 4.79 Å². The Morgan fingerprint density at radius 1 is 1.19 bits per heavy atom. The van der Waals surface area contributed by atoms with Gasteiger partial charge in [0.25, 0.3) is 0 Å². The summed E-state index contributed by atoms with van der Waals surface area (Å²) in [4.78, 5) is 11.2. The predicted octanol–water partition coefficient (Wildman–Crippen LogP) is 0.413. The molecule has 0 amide bonds. The molecule has 0 spiro atoms. The monoisotopic (exact) mass is 232 g/mol. The number of hydrogen-bond acceptors (Lipinski definition) is 5. The third-order valence-corrected chi connectivity index (χ3v) is 2.41. The second kappa shape index (κ2) is 7.73. The number of ketones is 1. The zero-order valence-corrected chi connectivity index (χ0v) is 9.94. The van der Waals surface area contributed by atoms with Gasteiger partial charge in [-0.15, -0.1) is 0 Å². The highest BCUT2D eigenvalue weighted by Crippen LogP contribution is 2.22. The molecule has 1 fully saturated rings. The van der Waals surface area contributed by atoms with Gasteiger partial charge < -0.3 is 18.9 Å². The second-order valence-electron chi connectivity index (χ2n) is 3.56. The molecule has 5 heteroatoms. The van der Waals surface area contributed by atoms with Crippen molar-refractivity contribution in [2.24, 2.45) is 0 Å². The highest BCUT2D eigenvalue weighted by Gasteiger charge is 2.41. The van der Waals surface area contributed by atoms with Crippen molar-refractivity contribution in [3.63, 3.8) is 0 Å². The molecule has 2 unspecified atom stereocenters. The Kier molecular flexibility index (Phi) is 6.56. The molecule has 0 radical (unpaired) electrons. The molecular formula is C11H20O5. The molecule has 1 aliphatic carbocycles. The van der Waals surface area contributed by atoms with E-state index in [0.29, 0.717) is 39.5 Å². The minimum atomic E-state index is -0.406. The Hall–Kier alpha value is -0.490. The molecule has 0 N–H and O–H groups in total. The van der Waals surface area contributed by atoms with Crippen LogP contribution in [0.1, 0.15) is 13.3 Å². The zero-order valence-electron chi connectivity index (χ0n) is 9.94. The van der Waals surface area contributed by atoms with Crippen LogP contribution in [0.5, 0.6) is 0 Å². The van der Waals surface area contributed by atoms with Gasteiger partial charge in [0.05, 0.1) is 32.5 Å². The minimum absolute atomic E-state index is 0.107. The lowest BCUT2D eigenvalue weighted by molar-refractivity contribution is -0.169. The number of carbonyl (C=O) groups excluding carboxylic acids is 1. The van der Waals surface area contributed by atoms with Crippen LogP contribution in [0.2, 0.25) is 0 Å². The molecule has 16 heavy (non-hydrogen) atoms. The summed E-state index contributed by atoms with van der Waals surface area (Å²) in [5.74, 6) is 0.109. The van der Waals surface area contributed by atoms with Crippen LogP contribution in [-0.4, -0.2) is 58.1 Å². The van der Waals surface area contributed by atoms with Gasteiger partial charge in [-0.25, -0.2) is 0 Å². The second-order valence-corrected chi connectivity index (χ2v) is 3.56. The fourth-order valence-corrected chi connectivity index (χ4v) is 1.48. The number of hydrogen-bond donors (Lipinski definition) is 0. The van der Waals surface area contributed by atoms with E-state index in [1.807, 2.05) is 6.92 Å². The summed E-state index contributed by atoms with van der Waals surface area (Å²) in [6, 6.07) is 0. The summed E-state index contributed by atoms with van der Waals surface area (Å²) < 4.78 is 20.8. The van der Waals surface area contributed by atoms with E-state index < -0.39 is 6.10 Å². The summed E-state index contributed by atoms with van der Waals surface area (Å²) in [6.45, 7) is 4.61. The van der Waals surface area contributed by atoms with Gasteiger partial charge >= 0.3 is 0 Å². The molecule has 0 heterocycles. The van der Waals surface area contributed by atoms with Gasteiger partial charge in [-0.2, -0.15) is 0 Å². The standard InChI is InChI=1S/C11H20O5/c1-3-14-5-7-15-10-8-9(12)11(10)16-6-4-13-2/h10-11H,3-8H2,1-2H3. The lowest BCUT2D eigenvalue weighted by atomic mass is 9.90. The molecule has 0 aliphatic heterocycles. The first-order valence-corrected chi connectivity index (χ1v) is 5.62. The van der Waals surface area contributed by atoms with E-state index in [2.05, 4.69) is 0 Å². The third-order valence-electron chi connectivity index (χ3n) is 2.41. The Bertz CT molecular complexity index is 207. The molecule has 2 atom stereocenters. The highest BCUT2D eigenvalue weighted by molar-refractivity contribution is 5.90. The molecule has 0 aromatic carbocycles. The lowest BCUT2D eigenvalue weighted by Crippen LogP contribution is -2.51. The van der Waals surface area contributed by atoms with Crippen molar-refractivity contribution < 1.29 is 23.7 Å². The topological polar surface area (TPSA) is 54.0 Å². The van der Waals surface area contributed by atoms with Gasteiger partial charge in [0, 0.05) is 20.1 Å².